The monoisotopic (exact) mass is 486 g/mol. The molecule has 1 fully saturated rings. The molecule has 2 aliphatic rings. The first-order valence-corrected chi connectivity index (χ1v) is 9.67. The number of fused-ring (bicyclic) bond motifs is 1. The summed E-state index contributed by atoms with van der Waals surface area (Å²) in [5, 5.41) is 9.49. The Kier molecular flexibility index (Phi) is 8.19. The lowest BCUT2D eigenvalue weighted by molar-refractivity contribution is -0.120. The smallest absolute Gasteiger partial charge is 0.239 e. The van der Waals surface area contributed by atoms with E-state index in [1.807, 2.05) is 19.1 Å². The first-order valence-electron chi connectivity index (χ1n) is 9.67. The SMILES string of the molecule is CCCNC(=O)CNC(=NC)NC1CC2(CCCC2)Oc2ccccc21.I. The van der Waals surface area contributed by atoms with Crippen molar-refractivity contribution in [2.24, 2.45) is 4.99 Å². The molecule has 0 radical (unpaired) electrons. The highest BCUT2D eigenvalue weighted by Crippen LogP contribution is 2.46. The van der Waals surface area contributed by atoms with Gasteiger partial charge in [0.05, 0.1) is 12.6 Å². The van der Waals surface area contributed by atoms with Crippen LogP contribution in [0.1, 0.15) is 57.1 Å². The second-order valence-electron chi connectivity index (χ2n) is 7.21. The molecule has 1 unspecified atom stereocenters. The minimum Gasteiger partial charge on any atom is -0.487 e. The van der Waals surface area contributed by atoms with Crippen LogP contribution < -0.4 is 20.7 Å². The molecule has 1 aliphatic carbocycles. The molecule has 0 aromatic heterocycles. The molecule has 0 bridgehead atoms. The third kappa shape index (κ3) is 5.49. The average molecular weight is 486 g/mol. The van der Waals surface area contributed by atoms with Gasteiger partial charge in [0.1, 0.15) is 11.4 Å². The van der Waals surface area contributed by atoms with Gasteiger partial charge in [0, 0.05) is 25.6 Å². The normalized spacial score (nSPS) is 20.2. The molecule has 1 amide bonds. The van der Waals surface area contributed by atoms with E-state index in [9.17, 15) is 4.79 Å². The highest BCUT2D eigenvalue weighted by atomic mass is 127. The summed E-state index contributed by atoms with van der Waals surface area (Å²) in [5.41, 5.74) is 1.09. The number of nitrogens with zero attached hydrogens (tertiary/aromatic N) is 1. The second-order valence-corrected chi connectivity index (χ2v) is 7.21. The first kappa shape index (κ1) is 21.8. The molecule has 27 heavy (non-hydrogen) atoms. The van der Waals surface area contributed by atoms with Crippen molar-refractivity contribution < 1.29 is 9.53 Å². The Labute approximate surface area is 178 Å². The lowest BCUT2D eigenvalue weighted by atomic mass is 9.86. The van der Waals surface area contributed by atoms with E-state index in [0.29, 0.717) is 12.5 Å². The Morgan fingerprint density at radius 3 is 2.70 bits per heavy atom. The van der Waals surface area contributed by atoms with Gasteiger partial charge < -0.3 is 20.7 Å². The van der Waals surface area contributed by atoms with E-state index >= 15 is 0 Å². The van der Waals surface area contributed by atoms with Crippen molar-refractivity contribution >= 4 is 35.8 Å². The number of rotatable bonds is 5. The molecule has 1 aromatic carbocycles. The van der Waals surface area contributed by atoms with E-state index in [0.717, 1.165) is 37.0 Å². The van der Waals surface area contributed by atoms with Crippen molar-refractivity contribution in [3.63, 3.8) is 0 Å². The Hall–Kier alpha value is -1.51. The van der Waals surface area contributed by atoms with E-state index < -0.39 is 0 Å². The number of carbonyl (C=O) groups excluding carboxylic acids is 1. The van der Waals surface area contributed by atoms with Gasteiger partial charge in [-0.05, 0) is 38.2 Å². The lowest BCUT2D eigenvalue weighted by Crippen LogP contribution is -2.48. The van der Waals surface area contributed by atoms with Crippen molar-refractivity contribution in [2.75, 3.05) is 20.1 Å². The van der Waals surface area contributed by atoms with Crippen LogP contribution in [0.2, 0.25) is 0 Å². The number of hydrogen-bond donors (Lipinski definition) is 3. The highest BCUT2D eigenvalue weighted by molar-refractivity contribution is 14.0. The molecule has 1 aliphatic heterocycles. The second kappa shape index (κ2) is 10.1. The molecule has 3 N–H and O–H groups in total. The summed E-state index contributed by atoms with van der Waals surface area (Å²) in [6.07, 6.45) is 6.50. The largest absolute Gasteiger partial charge is 0.487 e. The van der Waals surface area contributed by atoms with E-state index in [2.05, 4.69) is 33.1 Å². The minimum atomic E-state index is -0.0661. The van der Waals surface area contributed by atoms with Gasteiger partial charge in [-0.1, -0.05) is 25.1 Å². The summed E-state index contributed by atoms with van der Waals surface area (Å²) in [6, 6.07) is 8.35. The number of guanidine groups is 1. The fourth-order valence-corrected chi connectivity index (χ4v) is 3.92. The van der Waals surface area contributed by atoms with Crippen LogP contribution in [0, 0.1) is 0 Å². The maximum Gasteiger partial charge on any atom is 0.239 e. The van der Waals surface area contributed by atoms with Crippen LogP contribution in [0.4, 0.5) is 0 Å². The van der Waals surface area contributed by atoms with Crippen LogP contribution in [0.5, 0.6) is 5.75 Å². The number of carbonyl (C=O) groups is 1. The van der Waals surface area contributed by atoms with Crippen molar-refractivity contribution in [3.8, 4) is 5.75 Å². The molecular formula is C20H31IN4O2. The predicted octanol–water partition coefficient (Wildman–Crippen LogP) is 3.13. The zero-order chi connectivity index (χ0) is 18.4. The third-order valence-electron chi connectivity index (χ3n) is 5.23. The van der Waals surface area contributed by atoms with Crippen molar-refractivity contribution in [1.29, 1.82) is 0 Å². The van der Waals surface area contributed by atoms with Gasteiger partial charge in [-0.2, -0.15) is 0 Å². The van der Waals surface area contributed by atoms with Gasteiger partial charge in [-0.25, -0.2) is 0 Å². The molecule has 1 atom stereocenters. The van der Waals surface area contributed by atoms with Gasteiger partial charge in [-0.3, -0.25) is 9.79 Å². The molecule has 7 heteroatoms. The number of ether oxygens (including phenoxy) is 1. The van der Waals surface area contributed by atoms with Gasteiger partial charge in [0.15, 0.2) is 5.96 Å². The Morgan fingerprint density at radius 1 is 1.26 bits per heavy atom. The van der Waals surface area contributed by atoms with Crippen LogP contribution in [-0.2, 0) is 4.79 Å². The van der Waals surface area contributed by atoms with Crippen LogP contribution >= 0.6 is 24.0 Å². The molecule has 1 aromatic rings. The molecule has 1 heterocycles. The quantitative estimate of drug-likeness (QED) is 0.340. The highest BCUT2D eigenvalue weighted by Gasteiger charge is 2.43. The first-order chi connectivity index (χ1) is 12.7. The Morgan fingerprint density at radius 2 is 2.00 bits per heavy atom. The van der Waals surface area contributed by atoms with Gasteiger partial charge in [0.25, 0.3) is 0 Å². The zero-order valence-corrected chi connectivity index (χ0v) is 18.5. The Bertz CT molecular complexity index is 659. The zero-order valence-electron chi connectivity index (χ0n) is 16.2. The van der Waals surface area contributed by atoms with Crippen molar-refractivity contribution in [1.82, 2.24) is 16.0 Å². The maximum atomic E-state index is 11.8. The molecule has 1 saturated carbocycles. The lowest BCUT2D eigenvalue weighted by Gasteiger charge is -2.40. The van der Waals surface area contributed by atoms with Gasteiger partial charge >= 0.3 is 0 Å². The average Bonchev–Trinajstić information content (AvgIpc) is 3.10. The number of amides is 1. The number of benzene rings is 1. The van der Waals surface area contributed by atoms with Crippen molar-refractivity contribution in [2.45, 2.75) is 57.1 Å². The van der Waals surface area contributed by atoms with E-state index in [-0.39, 0.29) is 48.1 Å². The predicted molar refractivity (Wildman–Crippen MR) is 119 cm³/mol. The van der Waals surface area contributed by atoms with Crippen LogP contribution in [-0.4, -0.2) is 37.6 Å². The number of hydrogen-bond acceptors (Lipinski definition) is 3. The van der Waals surface area contributed by atoms with E-state index in [1.54, 1.807) is 7.05 Å². The minimum absolute atomic E-state index is 0. The summed E-state index contributed by atoms with van der Waals surface area (Å²) >= 11 is 0. The van der Waals surface area contributed by atoms with Crippen molar-refractivity contribution in [3.05, 3.63) is 29.8 Å². The van der Waals surface area contributed by atoms with Gasteiger partial charge in [-0.15, -0.1) is 24.0 Å². The van der Waals surface area contributed by atoms with Crippen LogP contribution in [0.25, 0.3) is 0 Å². The van der Waals surface area contributed by atoms with E-state index in [4.69, 9.17) is 4.74 Å². The van der Waals surface area contributed by atoms with Gasteiger partial charge in [0.2, 0.25) is 5.91 Å². The maximum absolute atomic E-state index is 11.8. The van der Waals surface area contributed by atoms with Crippen LogP contribution in [0.3, 0.4) is 0 Å². The topological polar surface area (TPSA) is 74.8 Å². The molecular weight excluding hydrogens is 455 g/mol. The summed E-state index contributed by atoms with van der Waals surface area (Å²) in [5.74, 6) is 1.59. The number of para-hydroxylation sites is 1. The molecule has 3 rings (SSSR count). The molecule has 0 saturated heterocycles. The molecule has 150 valence electrons. The summed E-state index contributed by atoms with van der Waals surface area (Å²) in [4.78, 5) is 16.1. The fourth-order valence-electron chi connectivity index (χ4n) is 3.92. The summed E-state index contributed by atoms with van der Waals surface area (Å²) < 4.78 is 6.40. The van der Waals surface area contributed by atoms with Crippen LogP contribution in [0.15, 0.2) is 29.3 Å². The standard InChI is InChI=1S/C20H30N4O2.HI/c1-3-12-22-18(25)14-23-19(21-2)24-16-13-20(10-6-7-11-20)26-17-9-5-4-8-15(16)17;/h4-5,8-9,16H,3,6-7,10-14H2,1-2H3,(H,22,25)(H2,21,23,24);1H. The number of nitrogens with one attached hydrogen (secondary N) is 3. The van der Waals surface area contributed by atoms with E-state index in [1.165, 1.54) is 12.8 Å². The molecule has 6 nitrogen and oxygen atoms in total. The fraction of sp³-hybridized carbons (Fsp3) is 0.600. The Balaban J connectivity index is 0.00000261. The number of aliphatic imine (C=N–C) groups is 1. The molecule has 1 spiro atoms. The third-order valence-corrected chi connectivity index (χ3v) is 5.23. The number of halogens is 1. The summed E-state index contributed by atoms with van der Waals surface area (Å²) in [6.45, 7) is 2.95. The summed E-state index contributed by atoms with van der Waals surface area (Å²) in [7, 11) is 1.73.